The monoisotopic (exact) mass is 458 g/mol. The number of nitrogens with zero attached hydrogens (tertiary/aromatic N) is 3. The molecule has 0 saturated carbocycles. The van der Waals surface area contributed by atoms with E-state index in [9.17, 15) is 9.59 Å². The highest BCUT2D eigenvalue weighted by molar-refractivity contribution is 9.10. The number of rotatable bonds is 6. The average Bonchev–Trinajstić information content (AvgIpc) is 3.24. The van der Waals surface area contributed by atoms with Gasteiger partial charge in [-0.3, -0.25) is 9.59 Å². The quantitative estimate of drug-likeness (QED) is 0.568. The number of piperidine rings is 1. The molecule has 2 aliphatic heterocycles. The number of anilines is 4. The maximum atomic E-state index is 11.5. The van der Waals surface area contributed by atoms with Crippen LogP contribution in [0.5, 0.6) is 0 Å². The second-order valence-electron chi connectivity index (χ2n) is 7.25. The molecule has 0 radical (unpaired) electrons. The SMILES string of the molecule is O=Cc1nc(Br)c(N[C@@H]2CCNC2)nc1Nc1ccc(N2CCC(=O)CC2)cc1. The highest BCUT2D eigenvalue weighted by Gasteiger charge is 2.19. The predicted octanol–water partition coefficient (Wildman–Crippen LogP) is 2.74. The fraction of sp³-hybridized carbons (Fsp3) is 0.400. The molecule has 2 fully saturated rings. The van der Waals surface area contributed by atoms with E-state index in [1.165, 1.54) is 0 Å². The molecule has 1 aromatic carbocycles. The molecule has 1 atom stereocenters. The molecule has 1 aromatic heterocycles. The molecule has 2 aromatic rings. The Morgan fingerprint density at radius 2 is 1.90 bits per heavy atom. The van der Waals surface area contributed by atoms with Crippen LogP contribution in [0, 0.1) is 0 Å². The van der Waals surface area contributed by atoms with Gasteiger partial charge in [0.05, 0.1) is 0 Å². The molecule has 0 amide bonds. The fourth-order valence-electron chi connectivity index (χ4n) is 3.57. The molecule has 8 nitrogen and oxygen atoms in total. The largest absolute Gasteiger partial charge is 0.371 e. The lowest BCUT2D eigenvalue weighted by molar-refractivity contribution is -0.119. The molecule has 152 valence electrons. The van der Waals surface area contributed by atoms with Gasteiger partial charge < -0.3 is 20.9 Å². The van der Waals surface area contributed by atoms with Gasteiger partial charge in [0.25, 0.3) is 0 Å². The lowest BCUT2D eigenvalue weighted by Gasteiger charge is -2.28. The third kappa shape index (κ3) is 4.73. The van der Waals surface area contributed by atoms with Gasteiger partial charge in [0.15, 0.2) is 17.9 Å². The lowest BCUT2D eigenvalue weighted by Crippen LogP contribution is -2.33. The van der Waals surface area contributed by atoms with Gasteiger partial charge in [0.1, 0.15) is 16.1 Å². The van der Waals surface area contributed by atoms with E-state index >= 15 is 0 Å². The van der Waals surface area contributed by atoms with Gasteiger partial charge in [-0.1, -0.05) is 0 Å². The van der Waals surface area contributed by atoms with Crippen molar-refractivity contribution >= 4 is 51.0 Å². The van der Waals surface area contributed by atoms with Gasteiger partial charge in [0.2, 0.25) is 0 Å². The molecular weight excluding hydrogens is 436 g/mol. The molecule has 0 bridgehead atoms. The first kappa shape index (κ1) is 19.8. The number of nitrogens with one attached hydrogen (secondary N) is 3. The number of carbonyl (C=O) groups is 2. The van der Waals surface area contributed by atoms with E-state index in [2.05, 4.69) is 46.7 Å². The molecule has 0 spiro atoms. The van der Waals surface area contributed by atoms with Crippen LogP contribution in [-0.4, -0.2) is 54.3 Å². The minimum Gasteiger partial charge on any atom is -0.371 e. The summed E-state index contributed by atoms with van der Waals surface area (Å²) >= 11 is 3.40. The summed E-state index contributed by atoms with van der Waals surface area (Å²) < 4.78 is 0.520. The highest BCUT2D eigenvalue weighted by atomic mass is 79.9. The summed E-state index contributed by atoms with van der Waals surface area (Å²) in [6.07, 6.45) is 2.91. The number of carbonyl (C=O) groups excluding carboxylic acids is 2. The smallest absolute Gasteiger partial charge is 0.172 e. The minimum atomic E-state index is 0.241. The molecule has 3 heterocycles. The zero-order valence-corrected chi connectivity index (χ0v) is 17.5. The number of hydrogen-bond acceptors (Lipinski definition) is 8. The van der Waals surface area contributed by atoms with E-state index in [0.717, 1.165) is 44.0 Å². The Balaban J connectivity index is 1.50. The topological polar surface area (TPSA) is 99.2 Å². The van der Waals surface area contributed by atoms with Crippen molar-refractivity contribution in [3.8, 4) is 0 Å². The van der Waals surface area contributed by atoms with E-state index in [-0.39, 0.29) is 11.7 Å². The summed E-state index contributed by atoms with van der Waals surface area (Å²) in [7, 11) is 0. The van der Waals surface area contributed by atoms with Crippen LogP contribution in [0.4, 0.5) is 23.0 Å². The molecule has 9 heteroatoms. The summed E-state index contributed by atoms with van der Waals surface area (Å²) in [5, 5.41) is 9.87. The molecule has 2 aliphatic rings. The number of aromatic nitrogens is 2. The van der Waals surface area contributed by atoms with Crippen molar-refractivity contribution in [2.24, 2.45) is 0 Å². The fourth-order valence-corrected chi connectivity index (χ4v) is 3.96. The first-order valence-electron chi connectivity index (χ1n) is 9.76. The zero-order chi connectivity index (χ0) is 20.2. The third-order valence-electron chi connectivity index (χ3n) is 5.21. The minimum absolute atomic E-state index is 0.241. The van der Waals surface area contributed by atoms with Crippen molar-refractivity contribution in [2.75, 3.05) is 41.7 Å². The van der Waals surface area contributed by atoms with Gasteiger partial charge in [-0.05, 0) is 53.2 Å². The lowest BCUT2D eigenvalue weighted by atomic mass is 10.1. The number of halogens is 1. The van der Waals surface area contributed by atoms with Crippen LogP contribution < -0.4 is 20.9 Å². The van der Waals surface area contributed by atoms with E-state index in [1.54, 1.807) is 0 Å². The number of hydrogen-bond donors (Lipinski definition) is 3. The number of Topliss-reactive ketones (excluding diaryl/α,β-unsaturated/α-hetero) is 1. The van der Waals surface area contributed by atoms with Crippen molar-refractivity contribution in [2.45, 2.75) is 25.3 Å². The maximum absolute atomic E-state index is 11.5. The molecule has 29 heavy (non-hydrogen) atoms. The van der Waals surface area contributed by atoms with Crippen LogP contribution in [0.25, 0.3) is 0 Å². The zero-order valence-electron chi connectivity index (χ0n) is 15.9. The molecular formula is C20H23BrN6O2. The summed E-state index contributed by atoms with van der Waals surface area (Å²) in [5.74, 6) is 1.35. The summed E-state index contributed by atoms with van der Waals surface area (Å²) in [4.78, 5) is 34.0. The Kier molecular flexibility index (Phi) is 6.05. The summed E-state index contributed by atoms with van der Waals surface area (Å²) in [6.45, 7) is 3.35. The second kappa shape index (κ2) is 8.87. The maximum Gasteiger partial charge on any atom is 0.172 e. The third-order valence-corrected chi connectivity index (χ3v) is 5.76. The van der Waals surface area contributed by atoms with Crippen molar-refractivity contribution in [3.63, 3.8) is 0 Å². The van der Waals surface area contributed by atoms with Crippen LogP contribution in [0.2, 0.25) is 0 Å². The van der Waals surface area contributed by atoms with Crippen molar-refractivity contribution in [1.29, 1.82) is 0 Å². The van der Waals surface area contributed by atoms with Crippen LogP contribution in [-0.2, 0) is 4.79 Å². The first-order chi connectivity index (χ1) is 14.1. The summed E-state index contributed by atoms with van der Waals surface area (Å²) in [6, 6.07) is 8.19. The Morgan fingerprint density at radius 1 is 1.14 bits per heavy atom. The van der Waals surface area contributed by atoms with Crippen LogP contribution in [0.1, 0.15) is 29.8 Å². The van der Waals surface area contributed by atoms with Crippen molar-refractivity contribution in [3.05, 3.63) is 34.6 Å². The molecule has 0 unspecified atom stereocenters. The number of benzene rings is 1. The first-order valence-corrected chi connectivity index (χ1v) is 10.6. The second-order valence-corrected chi connectivity index (χ2v) is 8.00. The van der Waals surface area contributed by atoms with Crippen LogP contribution in [0.15, 0.2) is 28.9 Å². The van der Waals surface area contributed by atoms with Crippen molar-refractivity contribution in [1.82, 2.24) is 15.3 Å². The Bertz CT molecular complexity index is 889. The summed E-state index contributed by atoms with van der Waals surface area (Å²) in [5.41, 5.74) is 2.14. The predicted molar refractivity (Wildman–Crippen MR) is 116 cm³/mol. The van der Waals surface area contributed by atoms with Gasteiger partial charge >= 0.3 is 0 Å². The Morgan fingerprint density at radius 3 is 2.55 bits per heavy atom. The van der Waals surface area contributed by atoms with Crippen molar-refractivity contribution < 1.29 is 9.59 Å². The van der Waals surface area contributed by atoms with E-state index in [0.29, 0.717) is 41.1 Å². The molecule has 3 N–H and O–H groups in total. The molecule has 2 saturated heterocycles. The average molecular weight is 459 g/mol. The van der Waals surface area contributed by atoms with Crippen LogP contribution in [0.3, 0.4) is 0 Å². The Hall–Kier alpha value is -2.52. The van der Waals surface area contributed by atoms with Crippen LogP contribution >= 0.6 is 15.9 Å². The normalized spacial score (nSPS) is 19.3. The molecule has 0 aliphatic carbocycles. The van der Waals surface area contributed by atoms with Gasteiger partial charge in [-0.2, -0.15) is 0 Å². The molecule has 4 rings (SSSR count). The number of ketones is 1. The van der Waals surface area contributed by atoms with E-state index < -0.39 is 0 Å². The van der Waals surface area contributed by atoms with E-state index in [1.807, 2.05) is 24.3 Å². The van der Waals surface area contributed by atoms with Gasteiger partial charge in [-0.15, -0.1) is 0 Å². The highest BCUT2D eigenvalue weighted by Crippen LogP contribution is 2.27. The standard InChI is InChI=1S/C20H23BrN6O2/c21-18-20(24-14-5-8-22-11-14)26-19(17(12-28)25-18)23-13-1-3-15(4-2-13)27-9-6-16(29)7-10-27/h1-4,12,14,22H,5-11H2,(H2,23,24,26)/t14-/m1/s1. The van der Waals surface area contributed by atoms with Gasteiger partial charge in [-0.25, -0.2) is 9.97 Å². The van der Waals surface area contributed by atoms with Gasteiger partial charge in [0, 0.05) is 49.9 Å². The Labute approximate surface area is 177 Å². The van der Waals surface area contributed by atoms with E-state index in [4.69, 9.17) is 0 Å². The number of aldehydes is 1.